The Kier molecular flexibility index (Phi) is 3.36. The maximum absolute atomic E-state index is 5.89. The maximum Gasteiger partial charge on any atom is 0.180 e. The van der Waals surface area contributed by atoms with E-state index in [1.165, 1.54) is 15.3 Å². The number of hydrogen-bond acceptors (Lipinski definition) is 4. The Morgan fingerprint density at radius 2 is 1.95 bits per heavy atom. The predicted octanol–water partition coefficient (Wildman–Crippen LogP) is 4.35. The van der Waals surface area contributed by atoms with Crippen LogP contribution in [0.2, 0.25) is 0 Å². The summed E-state index contributed by atoms with van der Waals surface area (Å²) in [5.41, 5.74) is 9.31. The molecule has 4 heteroatoms. The molecule has 19 heavy (non-hydrogen) atoms. The van der Waals surface area contributed by atoms with Gasteiger partial charge in [0, 0.05) is 21.7 Å². The second-order valence-corrected chi connectivity index (χ2v) is 6.59. The molecular weight excluding hydrogens is 272 g/mol. The highest BCUT2D eigenvalue weighted by Gasteiger charge is 2.12. The lowest BCUT2D eigenvalue weighted by molar-refractivity contribution is 1.26. The van der Waals surface area contributed by atoms with E-state index in [4.69, 9.17) is 5.73 Å². The van der Waals surface area contributed by atoms with Gasteiger partial charge in [0.05, 0.1) is 5.69 Å². The summed E-state index contributed by atoms with van der Waals surface area (Å²) < 4.78 is 0. The largest absolute Gasteiger partial charge is 0.375 e. The molecule has 0 aliphatic rings. The highest BCUT2D eigenvalue weighted by Crippen LogP contribution is 2.32. The molecule has 0 saturated carbocycles. The van der Waals surface area contributed by atoms with Crippen LogP contribution >= 0.6 is 22.7 Å². The third-order valence-corrected chi connectivity index (χ3v) is 4.71. The Hall–Kier alpha value is -1.65. The smallest absolute Gasteiger partial charge is 0.180 e. The summed E-state index contributed by atoms with van der Waals surface area (Å²) in [5.74, 6) is 0. The van der Waals surface area contributed by atoms with Gasteiger partial charge in [-0.2, -0.15) is 0 Å². The summed E-state index contributed by atoms with van der Waals surface area (Å²) >= 11 is 3.36. The lowest BCUT2D eigenvalue weighted by atomic mass is 10.1. The van der Waals surface area contributed by atoms with Crippen LogP contribution in [-0.2, 0) is 6.42 Å². The first-order valence-corrected chi connectivity index (χ1v) is 7.76. The van der Waals surface area contributed by atoms with Crippen LogP contribution < -0.4 is 5.73 Å². The zero-order valence-corrected chi connectivity index (χ0v) is 12.2. The van der Waals surface area contributed by atoms with Crippen molar-refractivity contribution in [2.75, 3.05) is 5.73 Å². The molecule has 1 aromatic carbocycles. The van der Waals surface area contributed by atoms with E-state index < -0.39 is 0 Å². The van der Waals surface area contributed by atoms with Crippen molar-refractivity contribution in [2.45, 2.75) is 13.3 Å². The van der Waals surface area contributed by atoms with E-state index in [0.29, 0.717) is 5.13 Å². The molecule has 2 nitrogen and oxygen atoms in total. The fourth-order valence-corrected chi connectivity index (χ4v) is 3.68. The summed E-state index contributed by atoms with van der Waals surface area (Å²) in [5, 5.41) is 2.74. The zero-order chi connectivity index (χ0) is 13.2. The van der Waals surface area contributed by atoms with Crippen molar-refractivity contribution < 1.29 is 0 Å². The van der Waals surface area contributed by atoms with E-state index in [1.807, 2.05) is 0 Å². The number of nitrogens with two attached hydrogens (primary N) is 1. The van der Waals surface area contributed by atoms with Gasteiger partial charge in [0.25, 0.3) is 0 Å². The second kappa shape index (κ2) is 5.15. The zero-order valence-electron chi connectivity index (χ0n) is 10.6. The average Bonchev–Trinajstić information content (AvgIpc) is 3.01. The summed E-state index contributed by atoms with van der Waals surface area (Å²) in [7, 11) is 0. The Morgan fingerprint density at radius 3 is 2.63 bits per heavy atom. The van der Waals surface area contributed by atoms with Gasteiger partial charge in [-0.15, -0.1) is 22.7 Å². The number of rotatable bonds is 3. The summed E-state index contributed by atoms with van der Waals surface area (Å²) in [6.45, 7) is 2.09. The number of nitrogen functional groups attached to an aromatic ring is 1. The highest BCUT2D eigenvalue weighted by molar-refractivity contribution is 7.16. The fraction of sp³-hybridized carbons (Fsp3) is 0.133. The lowest BCUT2D eigenvalue weighted by Crippen LogP contribution is -1.87. The first-order valence-electron chi connectivity index (χ1n) is 6.07. The molecular formula is C15H14N2S2. The number of benzene rings is 1. The monoisotopic (exact) mass is 286 g/mol. The van der Waals surface area contributed by atoms with Crippen LogP contribution in [0.1, 0.15) is 15.3 Å². The van der Waals surface area contributed by atoms with Crippen molar-refractivity contribution in [2.24, 2.45) is 0 Å². The fourth-order valence-electron chi connectivity index (χ4n) is 2.00. The van der Waals surface area contributed by atoms with Gasteiger partial charge in [-0.05, 0) is 18.4 Å². The molecule has 0 unspecified atom stereocenters. The Bertz CT molecular complexity index is 667. The van der Waals surface area contributed by atoms with Crippen molar-refractivity contribution in [3.8, 4) is 11.3 Å². The lowest BCUT2D eigenvalue weighted by Gasteiger charge is -2.02. The van der Waals surface area contributed by atoms with Crippen LogP contribution in [0.25, 0.3) is 11.3 Å². The molecule has 3 aromatic rings. The van der Waals surface area contributed by atoms with Crippen molar-refractivity contribution in [1.29, 1.82) is 0 Å². The molecule has 2 heterocycles. The molecule has 0 fully saturated rings. The summed E-state index contributed by atoms with van der Waals surface area (Å²) in [4.78, 5) is 7.08. The molecule has 0 aliphatic heterocycles. The van der Waals surface area contributed by atoms with Gasteiger partial charge in [0.2, 0.25) is 0 Å². The molecule has 96 valence electrons. The van der Waals surface area contributed by atoms with Crippen LogP contribution in [-0.4, -0.2) is 4.98 Å². The molecule has 0 saturated heterocycles. The third kappa shape index (κ3) is 2.69. The van der Waals surface area contributed by atoms with E-state index in [9.17, 15) is 0 Å². The van der Waals surface area contributed by atoms with Gasteiger partial charge in [-0.3, -0.25) is 0 Å². The van der Waals surface area contributed by atoms with Crippen LogP contribution in [0.3, 0.4) is 0 Å². The van der Waals surface area contributed by atoms with Crippen molar-refractivity contribution in [3.63, 3.8) is 0 Å². The number of hydrogen-bond donors (Lipinski definition) is 1. The van der Waals surface area contributed by atoms with E-state index >= 15 is 0 Å². The van der Waals surface area contributed by atoms with E-state index in [0.717, 1.165) is 17.7 Å². The third-order valence-electron chi connectivity index (χ3n) is 2.95. The van der Waals surface area contributed by atoms with Gasteiger partial charge in [0.1, 0.15) is 0 Å². The second-order valence-electron chi connectivity index (χ2n) is 4.45. The van der Waals surface area contributed by atoms with Crippen LogP contribution in [0.4, 0.5) is 5.13 Å². The van der Waals surface area contributed by atoms with Gasteiger partial charge in [-0.1, -0.05) is 35.9 Å². The Labute approximate surface area is 120 Å². The average molecular weight is 286 g/mol. The van der Waals surface area contributed by atoms with Gasteiger partial charge in [0.15, 0.2) is 5.13 Å². The summed E-state index contributed by atoms with van der Waals surface area (Å²) in [6.07, 6.45) is 0.912. The topological polar surface area (TPSA) is 38.9 Å². The van der Waals surface area contributed by atoms with E-state index in [1.54, 1.807) is 22.7 Å². The van der Waals surface area contributed by atoms with Crippen molar-refractivity contribution in [3.05, 3.63) is 57.1 Å². The van der Waals surface area contributed by atoms with E-state index in [2.05, 4.69) is 53.7 Å². The summed E-state index contributed by atoms with van der Waals surface area (Å²) in [6, 6.07) is 12.7. The number of thiazole rings is 1. The minimum Gasteiger partial charge on any atom is -0.375 e. The van der Waals surface area contributed by atoms with Crippen LogP contribution in [0, 0.1) is 6.92 Å². The molecule has 0 atom stereocenters. The number of nitrogens with zero attached hydrogens (tertiary/aromatic N) is 1. The minimum absolute atomic E-state index is 0.641. The van der Waals surface area contributed by atoms with Gasteiger partial charge in [-0.25, -0.2) is 4.98 Å². The molecule has 0 amide bonds. The predicted molar refractivity (Wildman–Crippen MR) is 83.8 cm³/mol. The Balaban J connectivity index is 1.99. The molecule has 0 radical (unpaired) electrons. The number of aromatic nitrogens is 1. The number of thiophene rings is 1. The standard InChI is InChI=1S/C15H14N2S2/c1-10-4-6-11(7-5-10)14-13(19-15(16)17-14)9-12-3-2-8-18-12/h2-8H,9H2,1H3,(H2,16,17). The molecule has 0 bridgehead atoms. The van der Waals surface area contributed by atoms with Crippen molar-refractivity contribution >= 4 is 27.8 Å². The molecule has 2 aromatic heterocycles. The number of aryl methyl sites for hydroxylation is 1. The molecule has 2 N–H and O–H groups in total. The maximum atomic E-state index is 5.89. The van der Waals surface area contributed by atoms with Gasteiger partial charge < -0.3 is 5.73 Å². The molecule has 0 spiro atoms. The van der Waals surface area contributed by atoms with Crippen LogP contribution in [0.5, 0.6) is 0 Å². The normalized spacial score (nSPS) is 10.8. The van der Waals surface area contributed by atoms with E-state index in [-0.39, 0.29) is 0 Å². The highest BCUT2D eigenvalue weighted by atomic mass is 32.1. The first-order chi connectivity index (χ1) is 9.22. The van der Waals surface area contributed by atoms with Gasteiger partial charge >= 0.3 is 0 Å². The van der Waals surface area contributed by atoms with Crippen LogP contribution in [0.15, 0.2) is 41.8 Å². The quantitative estimate of drug-likeness (QED) is 0.777. The number of anilines is 1. The van der Waals surface area contributed by atoms with Crippen molar-refractivity contribution in [1.82, 2.24) is 4.98 Å². The first kappa shape index (κ1) is 12.4. The Morgan fingerprint density at radius 1 is 1.16 bits per heavy atom. The SMILES string of the molecule is Cc1ccc(-c2nc(N)sc2Cc2cccs2)cc1. The molecule has 0 aliphatic carbocycles. The minimum atomic E-state index is 0.641. The molecule has 3 rings (SSSR count).